The summed E-state index contributed by atoms with van der Waals surface area (Å²) in [5.41, 5.74) is 3.33. The van der Waals surface area contributed by atoms with Crippen LogP contribution < -0.4 is 5.32 Å². The van der Waals surface area contributed by atoms with Crippen molar-refractivity contribution in [1.82, 2.24) is 0 Å². The van der Waals surface area contributed by atoms with Crippen LogP contribution in [0.1, 0.15) is 43.9 Å². The van der Waals surface area contributed by atoms with Gasteiger partial charge in [-0.1, -0.05) is 72.9 Å². The molecule has 0 amide bonds. The third kappa shape index (κ3) is 3.66. The highest BCUT2D eigenvalue weighted by Crippen LogP contribution is 2.37. The summed E-state index contributed by atoms with van der Waals surface area (Å²) in [6, 6.07) is 12.0. The predicted octanol–water partition coefficient (Wildman–Crippen LogP) is 6.94. The molecule has 1 atom stereocenters. The monoisotopic (exact) mass is 341 g/mol. The van der Waals surface area contributed by atoms with E-state index in [0.717, 1.165) is 11.3 Å². The predicted molar refractivity (Wildman–Crippen MR) is 94.0 cm³/mol. The van der Waals surface area contributed by atoms with Gasteiger partial charge in [-0.15, -0.1) is 0 Å². The van der Waals surface area contributed by atoms with E-state index in [2.05, 4.69) is 44.3 Å². The lowest BCUT2D eigenvalue weighted by atomic mass is 10.00. The molecule has 2 aromatic carbocycles. The van der Waals surface area contributed by atoms with Crippen molar-refractivity contribution in [1.29, 1.82) is 0 Å². The Bertz CT molecular complexity index is 638. The third-order valence-corrected chi connectivity index (χ3v) is 4.79. The summed E-state index contributed by atoms with van der Waals surface area (Å²) in [6.45, 7) is 6.41. The Morgan fingerprint density at radius 2 is 1.48 bits per heavy atom. The minimum atomic E-state index is 0.0344. The number of nitrogens with one attached hydrogen (secondary N) is 1. The van der Waals surface area contributed by atoms with Crippen molar-refractivity contribution < 1.29 is 0 Å². The molecule has 0 aliphatic rings. The van der Waals surface area contributed by atoms with Gasteiger partial charge in [0, 0.05) is 5.69 Å². The molecule has 112 valence electrons. The zero-order valence-corrected chi connectivity index (χ0v) is 14.5. The van der Waals surface area contributed by atoms with Crippen LogP contribution in [-0.2, 0) is 0 Å². The van der Waals surface area contributed by atoms with Gasteiger partial charge in [-0.2, -0.15) is 0 Å². The van der Waals surface area contributed by atoms with Crippen LogP contribution in [0.5, 0.6) is 0 Å². The summed E-state index contributed by atoms with van der Waals surface area (Å²) in [4.78, 5) is 0. The average molecular weight is 343 g/mol. The van der Waals surface area contributed by atoms with Crippen molar-refractivity contribution in [3.05, 3.63) is 62.6 Å². The molecule has 0 fully saturated rings. The lowest BCUT2D eigenvalue weighted by Crippen LogP contribution is -2.09. The van der Waals surface area contributed by atoms with Crippen LogP contribution in [0.2, 0.25) is 15.1 Å². The van der Waals surface area contributed by atoms with Gasteiger partial charge >= 0.3 is 0 Å². The molecule has 0 saturated carbocycles. The molecule has 1 N–H and O–H groups in total. The molecular formula is C17H18Cl3N. The van der Waals surface area contributed by atoms with E-state index < -0.39 is 0 Å². The van der Waals surface area contributed by atoms with Crippen LogP contribution in [-0.4, -0.2) is 0 Å². The number of rotatable bonds is 4. The van der Waals surface area contributed by atoms with Crippen LogP contribution >= 0.6 is 34.8 Å². The zero-order chi connectivity index (χ0) is 15.6. The van der Waals surface area contributed by atoms with E-state index in [9.17, 15) is 0 Å². The maximum Gasteiger partial charge on any atom is 0.0782 e. The first-order valence-corrected chi connectivity index (χ1v) is 8.04. The van der Waals surface area contributed by atoms with E-state index in [1.807, 2.05) is 12.1 Å². The van der Waals surface area contributed by atoms with E-state index in [4.69, 9.17) is 34.8 Å². The van der Waals surface area contributed by atoms with Crippen molar-refractivity contribution in [3.63, 3.8) is 0 Å². The number of halogens is 3. The molecule has 0 saturated heterocycles. The Balaban J connectivity index is 2.31. The van der Waals surface area contributed by atoms with Crippen LogP contribution in [0.3, 0.4) is 0 Å². The maximum absolute atomic E-state index is 6.31. The Kier molecular flexibility index (Phi) is 5.43. The molecule has 0 bridgehead atoms. The highest BCUT2D eigenvalue weighted by molar-refractivity contribution is 6.48. The first-order valence-electron chi connectivity index (χ1n) is 6.90. The molecule has 1 nitrogen and oxygen atoms in total. The number of hydrogen-bond donors (Lipinski definition) is 1. The van der Waals surface area contributed by atoms with Gasteiger partial charge < -0.3 is 5.32 Å². The minimum absolute atomic E-state index is 0.0344. The summed E-state index contributed by atoms with van der Waals surface area (Å²) in [5, 5.41) is 4.89. The quantitative estimate of drug-likeness (QED) is 0.593. The molecule has 0 aromatic heterocycles. The molecule has 0 spiro atoms. The van der Waals surface area contributed by atoms with E-state index in [1.54, 1.807) is 6.07 Å². The topological polar surface area (TPSA) is 12.0 Å². The minimum Gasteiger partial charge on any atom is -0.378 e. The molecule has 2 rings (SSSR count). The fourth-order valence-electron chi connectivity index (χ4n) is 2.32. The van der Waals surface area contributed by atoms with Gasteiger partial charge in [-0.3, -0.25) is 0 Å². The summed E-state index contributed by atoms with van der Waals surface area (Å²) in [6.07, 6.45) is 0. The largest absolute Gasteiger partial charge is 0.378 e. The first-order chi connectivity index (χ1) is 9.91. The number of anilines is 1. The highest BCUT2D eigenvalue weighted by atomic mass is 35.5. The van der Waals surface area contributed by atoms with Gasteiger partial charge in [0.25, 0.3) is 0 Å². The van der Waals surface area contributed by atoms with Gasteiger partial charge in [-0.05, 0) is 36.1 Å². The SMILES string of the molecule is CC(C)c1ccccc1NC(C)c1ccc(Cl)c(Cl)c1Cl. The van der Waals surface area contributed by atoms with Crippen molar-refractivity contribution >= 4 is 40.5 Å². The van der Waals surface area contributed by atoms with Gasteiger partial charge in [0.05, 0.1) is 21.1 Å². The zero-order valence-electron chi connectivity index (χ0n) is 12.3. The Hall–Kier alpha value is -0.890. The Morgan fingerprint density at radius 3 is 2.14 bits per heavy atom. The Labute approximate surface area is 141 Å². The van der Waals surface area contributed by atoms with E-state index in [-0.39, 0.29) is 6.04 Å². The molecule has 2 aromatic rings. The van der Waals surface area contributed by atoms with E-state index in [0.29, 0.717) is 21.0 Å². The fourth-order valence-corrected chi connectivity index (χ4v) is 3.02. The van der Waals surface area contributed by atoms with Gasteiger partial charge in [0.1, 0.15) is 0 Å². The molecule has 0 radical (unpaired) electrons. The molecule has 21 heavy (non-hydrogen) atoms. The van der Waals surface area contributed by atoms with Crippen LogP contribution in [0.25, 0.3) is 0 Å². The second-order valence-electron chi connectivity index (χ2n) is 5.37. The number of para-hydroxylation sites is 1. The molecule has 4 heteroatoms. The van der Waals surface area contributed by atoms with E-state index in [1.165, 1.54) is 5.56 Å². The summed E-state index contributed by atoms with van der Waals surface area (Å²) >= 11 is 18.4. The van der Waals surface area contributed by atoms with Crippen LogP contribution in [0.15, 0.2) is 36.4 Å². The highest BCUT2D eigenvalue weighted by Gasteiger charge is 2.15. The standard InChI is InChI=1S/C17H18Cl3N/c1-10(2)12-6-4-5-7-15(12)21-11(3)13-8-9-14(18)17(20)16(13)19/h4-11,21H,1-3H3. The van der Waals surface area contributed by atoms with Crippen LogP contribution in [0, 0.1) is 0 Å². The van der Waals surface area contributed by atoms with Gasteiger partial charge in [0.2, 0.25) is 0 Å². The van der Waals surface area contributed by atoms with Crippen molar-refractivity contribution in [2.75, 3.05) is 5.32 Å². The average Bonchev–Trinajstić information content (AvgIpc) is 2.45. The van der Waals surface area contributed by atoms with E-state index >= 15 is 0 Å². The second kappa shape index (κ2) is 6.91. The fraction of sp³-hybridized carbons (Fsp3) is 0.294. The number of hydrogen-bond acceptors (Lipinski definition) is 1. The van der Waals surface area contributed by atoms with Gasteiger partial charge in [0.15, 0.2) is 0 Å². The maximum atomic E-state index is 6.31. The lowest BCUT2D eigenvalue weighted by molar-refractivity contribution is 0.841. The van der Waals surface area contributed by atoms with Gasteiger partial charge in [-0.25, -0.2) is 0 Å². The second-order valence-corrected chi connectivity index (χ2v) is 6.54. The van der Waals surface area contributed by atoms with Crippen molar-refractivity contribution in [2.45, 2.75) is 32.7 Å². The number of benzene rings is 2. The molecule has 0 aliphatic heterocycles. The smallest absolute Gasteiger partial charge is 0.0782 e. The molecule has 0 aliphatic carbocycles. The van der Waals surface area contributed by atoms with Crippen molar-refractivity contribution in [3.8, 4) is 0 Å². The first kappa shape index (κ1) is 16.5. The molecular weight excluding hydrogens is 325 g/mol. The lowest BCUT2D eigenvalue weighted by Gasteiger charge is -2.21. The van der Waals surface area contributed by atoms with Crippen molar-refractivity contribution in [2.24, 2.45) is 0 Å². The van der Waals surface area contributed by atoms with Crippen LogP contribution in [0.4, 0.5) is 5.69 Å². The Morgan fingerprint density at radius 1 is 0.810 bits per heavy atom. The third-order valence-electron chi connectivity index (χ3n) is 3.49. The summed E-state index contributed by atoms with van der Waals surface area (Å²) in [7, 11) is 0. The summed E-state index contributed by atoms with van der Waals surface area (Å²) in [5.74, 6) is 0.449. The summed E-state index contributed by atoms with van der Waals surface area (Å²) < 4.78 is 0. The molecule has 0 heterocycles. The normalized spacial score (nSPS) is 12.5. The molecule has 1 unspecified atom stereocenters.